The minimum Gasteiger partial charge on any atom is -0.368 e. The summed E-state index contributed by atoms with van der Waals surface area (Å²) in [7, 11) is 0. The average Bonchev–Trinajstić information content (AvgIpc) is 2.04. The summed E-state index contributed by atoms with van der Waals surface area (Å²) in [5, 5.41) is 1.09. The second-order valence-electron chi connectivity index (χ2n) is 2.90. The second kappa shape index (κ2) is 2.94. The maximum absolute atomic E-state index is 5.55. The lowest BCUT2D eigenvalue weighted by molar-refractivity contribution is 0.825. The van der Waals surface area contributed by atoms with Crippen molar-refractivity contribution in [1.29, 1.82) is 0 Å². The number of hydrogen-bond donors (Lipinski definition) is 1. The van der Waals surface area contributed by atoms with Crippen molar-refractivity contribution in [2.45, 2.75) is 24.8 Å². The molecular formula is C8H11N3S. The first-order valence-corrected chi connectivity index (χ1v) is 5.02. The van der Waals surface area contributed by atoms with Crippen molar-refractivity contribution in [3.05, 3.63) is 11.3 Å². The predicted molar refractivity (Wildman–Crippen MR) is 50.2 cm³/mol. The number of nitrogens with zero attached hydrogens (tertiary/aromatic N) is 2. The van der Waals surface area contributed by atoms with Crippen molar-refractivity contribution in [2.24, 2.45) is 0 Å². The Bertz CT molecular complexity index is 311. The lowest BCUT2D eigenvalue weighted by atomic mass is 10.1. The Balaban J connectivity index is 2.53. The summed E-state index contributed by atoms with van der Waals surface area (Å²) in [6.45, 7) is 2.00. The third kappa shape index (κ3) is 1.27. The first kappa shape index (κ1) is 7.86. The Morgan fingerprint density at radius 1 is 1.42 bits per heavy atom. The summed E-state index contributed by atoms with van der Waals surface area (Å²) in [4.78, 5) is 8.34. The summed E-state index contributed by atoms with van der Waals surface area (Å²) < 4.78 is 0. The van der Waals surface area contributed by atoms with Gasteiger partial charge in [0.05, 0.1) is 0 Å². The van der Waals surface area contributed by atoms with Crippen LogP contribution in [0, 0.1) is 6.92 Å². The molecule has 0 fully saturated rings. The SMILES string of the molecule is Cc1nc(N)nc2c1CCCS2. The van der Waals surface area contributed by atoms with Crippen LogP contribution in [0.1, 0.15) is 17.7 Å². The van der Waals surface area contributed by atoms with Crippen molar-refractivity contribution in [3.8, 4) is 0 Å². The van der Waals surface area contributed by atoms with Gasteiger partial charge in [0.1, 0.15) is 5.03 Å². The van der Waals surface area contributed by atoms with Crippen molar-refractivity contribution < 1.29 is 0 Å². The second-order valence-corrected chi connectivity index (χ2v) is 3.99. The molecule has 0 radical (unpaired) electrons. The van der Waals surface area contributed by atoms with E-state index >= 15 is 0 Å². The molecule has 4 heteroatoms. The third-order valence-electron chi connectivity index (χ3n) is 2.00. The molecule has 1 aliphatic rings. The third-order valence-corrected chi connectivity index (χ3v) is 3.11. The highest BCUT2D eigenvalue weighted by Gasteiger charge is 2.14. The van der Waals surface area contributed by atoms with Gasteiger partial charge in [-0.05, 0) is 25.5 Å². The van der Waals surface area contributed by atoms with Gasteiger partial charge in [0.2, 0.25) is 5.95 Å². The molecule has 2 N–H and O–H groups in total. The zero-order valence-corrected chi connectivity index (χ0v) is 7.82. The molecule has 1 aliphatic heterocycles. The molecule has 0 aromatic carbocycles. The molecule has 12 heavy (non-hydrogen) atoms. The van der Waals surface area contributed by atoms with Crippen molar-refractivity contribution in [3.63, 3.8) is 0 Å². The van der Waals surface area contributed by atoms with E-state index in [0.717, 1.165) is 22.9 Å². The molecule has 0 atom stereocenters. The summed E-state index contributed by atoms with van der Waals surface area (Å²) in [6, 6.07) is 0. The van der Waals surface area contributed by atoms with E-state index in [9.17, 15) is 0 Å². The van der Waals surface area contributed by atoms with E-state index in [1.54, 1.807) is 11.8 Å². The predicted octanol–water partition coefficient (Wildman–Crippen LogP) is 1.41. The zero-order chi connectivity index (χ0) is 8.55. The normalized spacial score (nSPS) is 15.8. The molecule has 64 valence electrons. The minimum atomic E-state index is 0.403. The molecule has 0 bridgehead atoms. The lowest BCUT2D eigenvalue weighted by Crippen LogP contribution is -2.08. The Kier molecular flexibility index (Phi) is 1.92. The fraction of sp³-hybridized carbons (Fsp3) is 0.500. The number of aromatic nitrogens is 2. The Hall–Kier alpha value is -0.770. The highest BCUT2D eigenvalue weighted by atomic mass is 32.2. The van der Waals surface area contributed by atoms with Gasteiger partial charge < -0.3 is 5.73 Å². The maximum Gasteiger partial charge on any atom is 0.221 e. The molecule has 1 aromatic heterocycles. The van der Waals surface area contributed by atoms with E-state index in [-0.39, 0.29) is 0 Å². The largest absolute Gasteiger partial charge is 0.368 e. The van der Waals surface area contributed by atoms with E-state index in [1.165, 1.54) is 12.0 Å². The van der Waals surface area contributed by atoms with E-state index in [2.05, 4.69) is 9.97 Å². The number of rotatable bonds is 0. The van der Waals surface area contributed by atoms with Crippen molar-refractivity contribution in [1.82, 2.24) is 9.97 Å². The van der Waals surface area contributed by atoms with Gasteiger partial charge in [-0.25, -0.2) is 9.97 Å². The summed E-state index contributed by atoms with van der Waals surface area (Å²) in [5.74, 6) is 1.56. The number of nitrogen functional groups attached to an aromatic ring is 1. The molecule has 2 rings (SSSR count). The topological polar surface area (TPSA) is 51.8 Å². The minimum absolute atomic E-state index is 0.403. The highest BCUT2D eigenvalue weighted by Crippen LogP contribution is 2.29. The zero-order valence-electron chi connectivity index (χ0n) is 7.00. The Morgan fingerprint density at radius 3 is 3.08 bits per heavy atom. The van der Waals surface area contributed by atoms with Gasteiger partial charge in [-0.15, -0.1) is 11.8 Å². The molecule has 0 aliphatic carbocycles. The first-order valence-electron chi connectivity index (χ1n) is 4.03. The molecule has 0 spiro atoms. The van der Waals surface area contributed by atoms with Crippen LogP contribution in [-0.4, -0.2) is 15.7 Å². The molecular weight excluding hydrogens is 170 g/mol. The summed E-state index contributed by atoms with van der Waals surface area (Å²) >= 11 is 1.79. The Labute approximate surface area is 75.8 Å². The van der Waals surface area contributed by atoms with Gasteiger partial charge in [0.25, 0.3) is 0 Å². The van der Waals surface area contributed by atoms with Crippen LogP contribution in [0.4, 0.5) is 5.95 Å². The number of nitrogens with two attached hydrogens (primary N) is 1. The monoisotopic (exact) mass is 181 g/mol. The van der Waals surface area contributed by atoms with Crippen LogP contribution >= 0.6 is 11.8 Å². The maximum atomic E-state index is 5.55. The van der Waals surface area contributed by atoms with Gasteiger partial charge in [-0.1, -0.05) is 0 Å². The number of hydrogen-bond acceptors (Lipinski definition) is 4. The quantitative estimate of drug-likeness (QED) is 0.615. The number of fused-ring (bicyclic) bond motifs is 1. The smallest absolute Gasteiger partial charge is 0.221 e. The lowest BCUT2D eigenvalue weighted by Gasteiger charge is -2.15. The summed E-state index contributed by atoms with van der Waals surface area (Å²) in [6.07, 6.45) is 2.33. The van der Waals surface area contributed by atoms with Gasteiger partial charge in [-0.3, -0.25) is 0 Å². The van der Waals surface area contributed by atoms with Crippen LogP contribution in [0.15, 0.2) is 5.03 Å². The van der Waals surface area contributed by atoms with Crippen LogP contribution < -0.4 is 5.73 Å². The fourth-order valence-corrected chi connectivity index (χ4v) is 2.48. The molecule has 1 aromatic rings. The van der Waals surface area contributed by atoms with Crippen LogP contribution in [0.3, 0.4) is 0 Å². The van der Waals surface area contributed by atoms with Crippen LogP contribution in [-0.2, 0) is 6.42 Å². The molecule has 2 heterocycles. The average molecular weight is 181 g/mol. The van der Waals surface area contributed by atoms with E-state index in [1.807, 2.05) is 6.92 Å². The van der Waals surface area contributed by atoms with Crippen LogP contribution in [0.2, 0.25) is 0 Å². The molecule has 0 saturated carbocycles. The van der Waals surface area contributed by atoms with Crippen LogP contribution in [0.25, 0.3) is 0 Å². The standard InChI is InChI=1S/C8H11N3S/c1-5-6-3-2-4-12-7(6)11-8(9)10-5/h2-4H2,1H3,(H2,9,10,11). The number of anilines is 1. The number of aryl methyl sites for hydroxylation is 1. The molecule has 0 saturated heterocycles. The fourth-order valence-electron chi connectivity index (χ4n) is 1.42. The first-order chi connectivity index (χ1) is 5.77. The van der Waals surface area contributed by atoms with Gasteiger partial charge >= 0.3 is 0 Å². The Morgan fingerprint density at radius 2 is 2.25 bits per heavy atom. The van der Waals surface area contributed by atoms with Gasteiger partial charge in [0, 0.05) is 11.3 Å². The molecule has 3 nitrogen and oxygen atoms in total. The van der Waals surface area contributed by atoms with Crippen molar-refractivity contribution in [2.75, 3.05) is 11.5 Å². The molecule has 0 unspecified atom stereocenters. The number of thioether (sulfide) groups is 1. The van der Waals surface area contributed by atoms with Crippen LogP contribution in [0.5, 0.6) is 0 Å². The summed E-state index contributed by atoms with van der Waals surface area (Å²) in [5.41, 5.74) is 7.89. The van der Waals surface area contributed by atoms with E-state index in [4.69, 9.17) is 5.73 Å². The van der Waals surface area contributed by atoms with Crippen molar-refractivity contribution >= 4 is 17.7 Å². The van der Waals surface area contributed by atoms with E-state index in [0.29, 0.717) is 5.95 Å². The molecule has 0 amide bonds. The van der Waals surface area contributed by atoms with E-state index < -0.39 is 0 Å². The highest BCUT2D eigenvalue weighted by molar-refractivity contribution is 7.99. The van der Waals surface area contributed by atoms with Gasteiger partial charge in [-0.2, -0.15) is 0 Å². The van der Waals surface area contributed by atoms with Gasteiger partial charge in [0.15, 0.2) is 0 Å².